The van der Waals surface area contributed by atoms with Crippen molar-refractivity contribution in [3.63, 3.8) is 0 Å². The number of hydrogen-bond acceptors (Lipinski definition) is 2. The second kappa shape index (κ2) is 10.5. The van der Waals surface area contributed by atoms with E-state index in [0.29, 0.717) is 23.8 Å². The lowest BCUT2D eigenvalue weighted by Crippen LogP contribution is -2.25. The van der Waals surface area contributed by atoms with Gasteiger partial charge in [0.05, 0.1) is 17.8 Å². The molecular weight excluding hydrogens is 412 g/mol. The first-order valence-electron chi connectivity index (χ1n) is 10.9. The first kappa shape index (κ1) is 22.9. The molecule has 5 nitrogen and oxygen atoms in total. The summed E-state index contributed by atoms with van der Waals surface area (Å²) in [6.07, 6.45) is 4.68. The Hall–Kier alpha value is -2.79. The fourth-order valence-corrected chi connectivity index (χ4v) is 4.11. The third-order valence-corrected chi connectivity index (χ3v) is 5.95. The number of hydrogen-bond donors (Lipinski definition) is 1. The Bertz CT molecular complexity index is 1100. The maximum absolute atomic E-state index is 13.1. The van der Waals surface area contributed by atoms with Gasteiger partial charge in [-0.25, -0.2) is 9.59 Å². The molecule has 1 N–H and O–H groups in total. The molecule has 3 aromatic rings. The first-order valence-corrected chi connectivity index (χ1v) is 11.2. The number of rotatable bonds is 10. The maximum Gasteiger partial charge on any atom is 0.336 e. The summed E-state index contributed by atoms with van der Waals surface area (Å²) in [6, 6.07) is 14.7. The summed E-state index contributed by atoms with van der Waals surface area (Å²) >= 11 is 6.61. The van der Waals surface area contributed by atoms with Crippen LogP contribution in [0.3, 0.4) is 0 Å². The van der Waals surface area contributed by atoms with E-state index in [2.05, 4.69) is 13.8 Å². The predicted octanol–water partition coefficient (Wildman–Crippen LogP) is 5.86. The number of nitrogens with zero attached hydrogens (tertiary/aromatic N) is 2. The quantitative estimate of drug-likeness (QED) is 0.429. The molecule has 0 bridgehead atoms. The van der Waals surface area contributed by atoms with Crippen LogP contribution in [0.1, 0.15) is 61.1 Å². The van der Waals surface area contributed by atoms with E-state index < -0.39 is 5.97 Å². The van der Waals surface area contributed by atoms with Crippen LogP contribution in [0.15, 0.2) is 53.3 Å². The second-order valence-electron chi connectivity index (χ2n) is 7.76. The van der Waals surface area contributed by atoms with Crippen LogP contribution in [0.4, 0.5) is 0 Å². The van der Waals surface area contributed by atoms with Crippen LogP contribution < -0.4 is 5.69 Å². The van der Waals surface area contributed by atoms with E-state index in [1.807, 2.05) is 30.3 Å². The lowest BCUT2D eigenvalue weighted by Gasteiger charge is -2.10. The van der Waals surface area contributed by atoms with E-state index in [9.17, 15) is 14.7 Å². The van der Waals surface area contributed by atoms with Gasteiger partial charge in [-0.2, -0.15) is 0 Å². The lowest BCUT2D eigenvalue weighted by molar-refractivity contribution is 0.0697. The third kappa shape index (κ3) is 5.10. The van der Waals surface area contributed by atoms with E-state index in [0.717, 1.165) is 48.9 Å². The molecule has 0 fully saturated rings. The van der Waals surface area contributed by atoms with Crippen LogP contribution in [-0.4, -0.2) is 20.2 Å². The van der Waals surface area contributed by atoms with Crippen molar-refractivity contribution in [2.45, 2.75) is 59.0 Å². The third-order valence-electron chi connectivity index (χ3n) is 5.53. The number of benzene rings is 2. The number of aromatic nitrogens is 2. The molecule has 2 aromatic carbocycles. The molecule has 31 heavy (non-hydrogen) atoms. The molecule has 0 amide bonds. The zero-order chi connectivity index (χ0) is 22.4. The van der Waals surface area contributed by atoms with E-state index >= 15 is 0 Å². The highest BCUT2D eigenvalue weighted by Gasteiger charge is 2.18. The van der Waals surface area contributed by atoms with Crippen molar-refractivity contribution in [3.8, 4) is 11.1 Å². The predicted molar refractivity (Wildman–Crippen MR) is 125 cm³/mol. The van der Waals surface area contributed by atoms with E-state index in [1.54, 1.807) is 27.3 Å². The second-order valence-corrected chi connectivity index (χ2v) is 8.12. The fourth-order valence-electron chi connectivity index (χ4n) is 3.76. The fraction of sp³-hybridized carbons (Fsp3) is 0.360. The highest BCUT2D eigenvalue weighted by molar-refractivity contribution is 6.30. The molecule has 1 heterocycles. The molecule has 0 atom stereocenters. The van der Waals surface area contributed by atoms with Gasteiger partial charge < -0.3 is 5.11 Å². The van der Waals surface area contributed by atoms with E-state index in [4.69, 9.17) is 11.6 Å². The van der Waals surface area contributed by atoms with Gasteiger partial charge in [0.1, 0.15) is 5.15 Å². The van der Waals surface area contributed by atoms with Gasteiger partial charge in [-0.15, -0.1) is 0 Å². The Morgan fingerprint density at radius 3 is 2.29 bits per heavy atom. The molecule has 3 rings (SSSR count). The monoisotopic (exact) mass is 440 g/mol. The number of imidazole rings is 1. The van der Waals surface area contributed by atoms with E-state index in [1.165, 1.54) is 0 Å². The van der Waals surface area contributed by atoms with Gasteiger partial charge in [0.2, 0.25) is 0 Å². The van der Waals surface area contributed by atoms with Crippen LogP contribution >= 0.6 is 11.6 Å². The first-order chi connectivity index (χ1) is 15.0. The molecular formula is C25H29ClN2O3. The number of unbranched alkanes of at least 4 members (excludes halogenated alkanes) is 2. The van der Waals surface area contributed by atoms with Crippen molar-refractivity contribution < 1.29 is 9.90 Å². The van der Waals surface area contributed by atoms with Gasteiger partial charge >= 0.3 is 11.7 Å². The molecule has 0 saturated carbocycles. The summed E-state index contributed by atoms with van der Waals surface area (Å²) in [5.74, 6) is -0.949. The van der Waals surface area contributed by atoms with Crippen molar-refractivity contribution >= 4 is 17.6 Å². The topological polar surface area (TPSA) is 64.2 Å². The Balaban J connectivity index is 1.92. The standard InChI is InChI=1S/C25H29ClN2O3/c1-3-5-11-22-23(26)27(16-6-4-2)25(31)28(22)17-18-12-14-19(15-13-18)20-9-7-8-10-21(20)24(29)30/h7-10,12-15H,3-6,11,16-17H2,1-2H3,(H,29,30). The summed E-state index contributed by atoms with van der Waals surface area (Å²) in [5, 5.41) is 10.00. The average molecular weight is 441 g/mol. The highest BCUT2D eigenvalue weighted by atomic mass is 35.5. The minimum atomic E-state index is -0.949. The molecule has 0 radical (unpaired) electrons. The van der Waals surface area contributed by atoms with Gasteiger partial charge in [-0.05, 0) is 42.0 Å². The highest BCUT2D eigenvalue weighted by Crippen LogP contribution is 2.25. The number of aromatic carboxylic acids is 1. The van der Waals surface area contributed by atoms with Crippen LogP contribution in [0.5, 0.6) is 0 Å². The minimum Gasteiger partial charge on any atom is -0.478 e. The maximum atomic E-state index is 13.1. The Kier molecular flexibility index (Phi) is 7.75. The molecule has 0 aliphatic carbocycles. The summed E-state index contributed by atoms with van der Waals surface area (Å²) < 4.78 is 3.47. The van der Waals surface area contributed by atoms with Crippen LogP contribution in [-0.2, 0) is 19.5 Å². The van der Waals surface area contributed by atoms with Gasteiger partial charge in [-0.1, -0.05) is 80.8 Å². The number of carboxylic acid groups (broad SMARTS) is 1. The summed E-state index contributed by atoms with van der Waals surface area (Å²) in [5.41, 5.74) is 3.58. The Morgan fingerprint density at radius 1 is 0.968 bits per heavy atom. The normalized spacial score (nSPS) is 11.1. The summed E-state index contributed by atoms with van der Waals surface area (Å²) in [7, 11) is 0. The number of carboxylic acids is 1. The van der Waals surface area contributed by atoms with Crippen molar-refractivity contribution in [2.75, 3.05) is 0 Å². The molecule has 164 valence electrons. The molecule has 0 aliphatic heterocycles. The van der Waals surface area contributed by atoms with Gasteiger partial charge in [-0.3, -0.25) is 9.13 Å². The molecule has 6 heteroatoms. The van der Waals surface area contributed by atoms with Crippen LogP contribution in [0.2, 0.25) is 5.15 Å². The van der Waals surface area contributed by atoms with E-state index in [-0.39, 0.29) is 11.3 Å². The van der Waals surface area contributed by atoms with Crippen molar-refractivity contribution in [3.05, 3.63) is 81.0 Å². The lowest BCUT2D eigenvalue weighted by atomic mass is 9.99. The SMILES string of the molecule is CCCCc1c(Cl)n(CCCC)c(=O)n1Cc1ccc(-c2ccccc2C(=O)O)cc1. The number of halogens is 1. The number of carbonyl (C=O) groups is 1. The molecule has 0 unspecified atom stereocenters. The molecule has 0 aliphatic rings. The molecule has 1 aromatic heterocycles. The minimum absolute atomic E-state index is 0.0650. The summed E-state index contributed by atoms with van der Waals surface area (Å²) in [6.45, 7) is 5.29. The largest absolute Gasteiger partial charge is 0.478 e. The summed E-state index contributed by atoms with van der Waals surface area (Å²) in [4.78, 5) is 24.6. The van der Waals surface area contributed by atoms with Crippen molar-refractivity contribution in [1.29, 1.82) is 0 Å². The van der Waals surface area contributed by atoms with Gasteiger partial charge in [0.25, 0.3) is 0 Å². The van der Waals surface area contributed by atoms with Gasteiger partial charge in [0.15, 0.2) is 0 Å². The molecule has 0 spiro atoms. The van der Waals surface area contributed by atoms with Gasteiger partial charge in [0, 0.05) is 6.54 Å². The van der Waals surface area contributed by atoms with Crippen LogP contribution in [0.25, 0.3) is 11.1 Å². The van der Waals surface area contributed by atoms with Crippen molar-refractivity contribution in [1.82, 2.24) is 9.13 Å². The molecule has 0 saturated heterocycles. The average Bonchev–Trinajstić information content (AvgIpc) is 3.00. The Morgan fingerprint density at radius 2 is 1.65 bits per heavy atom. The Labute approximate surface area is 187 Å². The zero-order valence-corrected chi connectivity index (χ0v) is 18.9. The van der Waals surface area contributed by atoms with Crippen LogP contribution in [0, 0.1) is 0 Å². The van der Waals surface area contributed by atoms with Crippen molar-refractivity contribution in [2.24, 2.45) is 0 Å². The smallest absolute Gasteiger partial charge is 0.336 e. The zero-order valence-electron chi connectivity index (χ0n) is 18.1.